The van der Waals surface area contributed by atoms with Gasteiger partial charge in [0, 0.05) is 25.4 Å². The quantitative estimate of drug-likeness (QED) is 0.613. The van der Waals surface area contributed by atoms with Crippen molar-refractivity contribution >= 4 is 11.8 Å². The van der Waals surface area contributed by atoms with E-state index in [1.807, 2.05) is 6.92 Å². The zero-order valence-electron chi connectivity index (χ0n) is 11.9. The van der Waals surface area contributed by atoms with Gasteiger partial charge in [-0.1, -0.05) is 13.3 Å². The number of amides is 2. The third-order valence-corrected chi connectivity index (χ3v) is 3.69. The molecule has 1 aliphatic carbocycles. The van der Waals surface area contributed by atoms with Gasteiger partial charge < -0.3 is 16.4 Å². The molecule has 4 N–H and O–H groups in total. The van der Waals surface area contributed by atoms with Crippen LogP contribution in [0.3, 0.4) is 0 Å². The van der Waals surface area contributed by atoms with Crippen molar-refractivity contribution in [2.24, 2.45) is 11.7 Å². The molecule has 1 fully saturated rings. The monoisotopic (exact) mass is 269 g/mol. The summed E-state index contributed by atoms with van der Waals surface area (Å²) < 4.78 is 0. The third kappa shape index (κ3) is 6.05. The highest BCUT2D eigenvalue weighted by atomic mass is 16.2. The molecule has 2 unspecified atom stereocenters. The Hall–Kier alpha value is -1.10. The Morgan fingerprint density at radius 3 is 2.63 bits per heavy atom. The molecule has 0 aromatic carbocycles. The topological polar surface area (TPSA) is 84.2 Å². The Kier molecular flexibility index (Phi) is 7.48. The molecule has 0 aromatic rings. The van der Waals surface area contributed by atoms with Gasteiger partial charge in [-0.2, -0.15) is 0 Å². The van der Waals surface area contributed by atoms with Crippen LogP contribution >= 0.6 is 0 Å². The molecule has 0 radical (unpaired) electrons. The van der Waals surface area contributed by atoms with E-state index in [0.717, 1.165) is 25.7 Å². The van der Waals surface area contributed by atoms with Gasteiger partial charge in [0.1, 0.15) is 0 Å². The minimum absolute atomic E-state index is 0.0374. The number of rotatable bonds is 8. The fourth-order valence-corrected chi connectivity index (χ4v) is 2.55. The fraction of sp³-hybridized carbons (Fsp3) is 0.857. The van der Waals surface area contributed by atoms with E-state index in [2.05, 4.69) is 10.6 Å². The van der Waals surface area contributed by atoms with Gasteiger partial charge in [0.25, 0.3) is 0 Å². The molecule has 1 saturated carbocycles. The lowest BCUT2D eigenvalue weighted by Gasteiger charge is -2.19. The molecular formula is C14H27N3O2. The van der Waals surface area contributed by atoms with E-state index in [9.17, 15) is 9.59 Å². The highest BCUT2D eigenvalue weighted by molar-refractivity contribution is 5.79. The van der Waals surface area contributed by atoms with Crippen LogP contribution in [0, 0.1) is 5.92 Å². The maximum absolute atomic E-state index is 11.8. The molecular weight excluding hydrogens is 242 g/mol. The molecule has 5 nitrogen and oxygen atoms in total. The van der Waals surface area contributed by atoms with E-state index in [-0.39, 0.29) is 17.9 Å². The van der Waals surface area contributed by atoms with Crippen molar-refractivity contribution in [2.45, 2.75) is 57.9 Å². The molecule has 110 valence electrons. The van der Waals surface area contributed by atoms with E-state index in [0.29, 0.717) is 38.3 Å². The lowest BCUT2D eigenvalue weighted by molar-refractivity contribution is -0.123. The zero-order chi connectivity index (χ0) is 14.1. The summed E-state index contributed by atoms with van der Waals surface area (Å²) in [6, 6.07) is 0.242. The number of nitrogens with one attached hydrogen (secondary N) is 2. The number of nitrogens with two attached hydrogens (primary N) is 1. The Bertz CT molecular complexity index is 294. The first-order valence-electron chi connectivity index (χ1n) is 7.43. The summed E-state index contributed by atoms with van der Waals surface area (Å²) in [5, 5.41) is 5.85. The molecule has 0 saturated heterocycles. The molecule has 0 spiro atoms. The Morgan fingerprint density at radius 1 is 1.21 bits per heavy atom. The van der Waals surface area contributed by atoms with Gasteiger partial charge in [-0.15, -0.1) is 0 Å². The lowest BCUT2D eigenvalue weighted by Crippen LogP contribution is -2.39. The van der Waals surface area contributed by atoms with Crippen molar-refractivity contribution in [3.05, 3.63) is 0 Å². The van der Waals surface area contributed by atoms with Crippen LogP contribution in [0.1, 0.15) is 51.9 Å². The van der Waals surface area contributed by atoms with E-state index in [1.165, 1.54) is 0 Å². The van der Waals surface area contributed by atoms with Crippen LogP contribution in [-0.4, -0.2) is 30.9 Å². The lowest BCUT2D eigenvalue weighted by atomic mass is 10.0. The van der Waals surface area contributed by atoms with Crippen molar-refractivity contribution in [3.8, 4) is 0 Å². The maximum Gasteiger partial charge on any atom is 0.220 e. The second-order valence-corrected chi connectivity index (χ2v) is 5.30. The van der Waals surface area contributed by atoms with Crippen molar-refractivity contribution < 1.29 is 9.59 Å². The van der Waals surface area contributed by atoms with Crippen LogP contribution in [0.25, 0.3) is 0 Å². The second-order valence-electron chi connectivity index (χ2n) is 5.30. The summed E-state index contributed by atoms with van der Waals surface area (Å²) in [6.07, 6.45) is 5.69. The maximum atomic E-state index is 11.8. The summed E-state index contributed by atoms with van der Waals surface area (Å²) in [4.78, 5) is 23.1. The van der Waals surface area contributed by atoms with Crippen LogP contribution in [0.2, 0.25) is 0 Å². The first-order valence-corrected chi connectivity index (χ1v) is 7.43. The zero-order valence-corrected chi connectivity index (χ0v) is 11.9. The number of hydrogen-bond acceptors (Lipinski definition) is 3. The molecule has 0 aromatic heterocycles. The fourth-order valence-electron chi connectivity index (χ4n) is 2.55. The van der Waals surface area contributed by atoms with Crippen LogP contribution in [0.4, 0.5) is 0 Å². The average Bonchev–Trinajstić information content (AvgIpc) is 2.83. The largest absolute Gasteiger partial charge is 0.356 e. The predicted octanol–water partition coefficient (Wildman–Crippen LogP) is 0.927. The van der Waals surface area contributed by atoms with Gasteiger partial charge >= 0.3 is 0 Å². The summed E-state index contributed by atoms with van der Waals surface area (Å²) in [5.41, 5.74) is 5.68. The molecule has 0 heterocycles. The highest BCUT2D eigenvalue weighted by Gasteiger charge is 2.26. The van der Waals surface area contributed by atoms with E-state index in [4.69, 9.17) is 5.73 Å². The third-order valence-electron chi connectivity index (χ3n) is 3.69. The molecule has 19 heavy (non-hydrogen) atoms. The molecule has 0 aliphatic heterocycles. The first-order chi connectivity index (χ1) is 9.17. The minimum Gasteiger partial charge on any atom is -0.356 e. The van der Waals surface area contributed by atoms with E-state index >= 15 is 0 Å². The second kappa shape index (κ2) is 8.91. The Labute approximate surface area is 115 Å². The van der Waals surface area contributed by atoms with E-state index in [1.54, 1.807) is 0 Å². The molecule has 0 bridgehead atoms. The Morgan fingerprint density at radius 2 is 1.95 bits per heavy atom. The predicted molar refractivity (Wildman–Crippen MR) is 75.5 cm³/mol. The van der Waals surface area contributed by atoms with Gasteiger partial charge in [0.15, 0.2) is 0 Å². The minimum atomic E-state index is 0.0374. The molecule has 2 amide bonds. The van der Waals surface area contributed by atoms with Gasteiger partial charge in [-0.05, 0) is 38.1 Å². The number of carbonyl (C=O) groups is 2. The summed E-state index contributed by atoms with van der Waals surface area (Å²) in [6.45, 7) is 3.37. The normalized spacial score (nSPS) is 22.2. The average molecular weight is 269 g/mol. The molecule has 1 aliphatic rings. The number of carbonyl (C=O) groups excluding carboxylic acids is 2. The molecule has 5 heteroatoms. The Balaban J connectivity index is 2.12. The number of hydrogen-bond donors (Lipinski definition) is 3. The first kappa shape index (κ1) is 16.0. The summed E-state index contributed by atoms with van der Waals surface area (Å²) >= 11 is 0. The van der Waals surface area contributed by atoms with Gasteiger partial charge in [-0.25, -0.2) is 0 Å². The summed E-state index contributed by atoms with van der Waals surface area (Å²) in [7, 11) is 0. The molecule has 1 rings (SSSR count). The van der Waals surface area contributed by atoms with Crippen LogP contribution < -0.4 is 16.4 Å². The van der Waals surface area contributed by atoms with Crippen LogP contribution in [0.5, 0.6) is 0 Å². The van der Waals surface area contributed by atoms with Crippen molar-refractivity contribution in [1.82, 2.24) is 10.6 Å². The van der Waals surface area contributed by atoms with Gasteiger partial charge in [-0.3, -0.25) is 9.59 Å². The van der Waals surface area contributed by atoms with Crippen molar-refractivity contribution in [3.63, 3.8) is 0 Å². The van der Waals surface area contributed by atoms with Gasteiger partial charge in [0.2, 0.25) is 11.8 Å². The standard InChI is InChI=1S/C14H27N3O2/c1-2-9-16-13(18)7-4-8-14(19)17-12-6-3-5-11(12)10-15/h11-12H,2-10,15H2,1H3,(H,16,18)(H,17,19). The highest BCUT2D eigenvalue weighted by Crippen LogP contribution is 2.24. The van der Waals surface area contributed by atoms with Gasteiger partial charge in [0.05, 0.1) is 0 Å². The van der Waals surface area contributed by atoms with Crippen molar-refractivity contribution in [1.29, 1.82) is 0 Å². The van der Waals surface area contributed by atoms with Crippen LogP contribution in [-0.2, 0) is 9.59 Å². The SMILES string of the molecule is CCCNC(=O)CCCC(=O)NC1CCCC1CN. The summed E-state index contributed by atoms with van der Waals surface area (Å²) in [5.74, 6) is 0.515. The van der Waals surface area contributed by atoms with Crippen LogP contribution in [0.15, 0.2) is 0 Å². The van der Waals surface area contributed by atoms with Crippen molar-refractivity contribution in [2.75, 3.05) is 13.1 Å². The molecule has 2 atom stereocenters. The van der Waals surface area contributed by atoms with E-state index < -0.39 is 0 Å². The smallest absolute Gasteiger partial charge is 0.220 e.